The molecule has 1 aliphatic heterocycles. The second-order valence-corrected chi connectivity index (χ2v) is 7.74. The Bertz CT molecular complexity index is 1080. The number of aromatic amines is 1. The minimum Gasteiger partial charge on any atom is -0.377 e. The standard InChI is InChI=1S/C15H15BrN6O6S/c16-7-1-18-29-11(7)14(26)20-9-5-28-4-8(9)19-10(23)3-22-2-6(12(17)24)13(25)21-15(22)27/h1-2,8-9H,3-5H2,(H2,17,24)(H,19,23)(H,20,26)(H,21,25,27)/t8-,9+/m1/s1. The van der Waals surface area contributed by atoms with Crippen LogP contribution in [-0.2, 0) is 16.1 Å². The molecule has 29 heavy (non-hydrogen) atoms. The molecule has 3 heterocycles. The molecule has 0 bridgehead atoms. The van der Waals surface area contributed by atoms with Gasteiger partial charge in [0.25, 0.3) is 17.4 Å². The number of aromatic nitrogens is 3. The van der Waals surface area contributed by atoms with Crippen LogP contribution in [0.5, 0.6) is 0 Å². The number of carbonyl (C=O) groups excluding carboxylic acids is 3. The number of carbonyl (C=O) groups is 3. The Morgan fingerprint density at radius 3 is 2.62 bits per heavy atom. The number of halogens is 1. The highest BCUT2D eigenvalue weighted by Gasteiger charge is 2.32. The highest BCUT2D eigenvalue weighted by Crippen LogP contribution is 2.20. The first-order chi connectivity index (χ1) is 13.8. The lowest BCUT2D eigenvalue weighted by Gasteiger charge is -2.20. The number of primary amides is 1. The second-order valence-electron chi connectivity index (χ2n) is 6.09. The van der Waals surface area contributed by atoms with E-state index in [9.17, 15) is 24.0 Å². The fourth-order valence-electron chi connectivity index (χ4n) is 2.66. The van der Waals surface area contributed by atoms with Crippen molar-refractivity contribution < 1.29 is 19.1 Å². The topological polar surface area (TPSA) is 178 Å². The number of ether oxygens (including phenoxy) is 1. The van der Waals surface area contributed by atoms with Crippen molar-refractivity contribution in [2.45, 2.75) is 18.6 Å². The van der Waals surface area contributed by atoms with Gasteiger partial charge in [0, 0.05) is 6.20 Å². The van der Waals surface area contributed by atoms with Gasteiger partial charge in [-0.25, -0.2) is 4.79 Å². The number of hydrogen-bond donors (Lipinski definition) is 4. The van der Waals surface area contributed by atoms with Gasteiger partial charge in [0.2, 0.25) is 5.91 Å². The molecule has 1 aliphatic rings. The van der Waals surface area contributed by atoms with Crippen molar-refractivity contribution in [1.29, 1.82) is 0 Å². The van der Waals surface area contributed by atoms with Crippen LogP contribution in [0, 0.1) is 0 Å². The first-order valence-electron chi connectivity index (χ1n) is 8.18. The summed E-state index contributed by atoms with van der Waals surface area (Å²) in [5.41, 5.74) is 2.84. The van der Waals surface area contributed by atoms with E-state index in [0.29, 0.717) is 9.35 Å². The minimum atomic E-state index is -1.03. The van der Waals surface area contributed by atoms with E-state index in [-0.39, 0.29) is 19.1 Å². The molecule has 14 heteroatoms. The van der Waals surface area contributed by atoms with Crippen LogP contribution in [0.1, 0.15) is 20.0 Å². The summed E-state index contributed by atoms with van der Waals surface area (Å²) >= 11 is 4.25. The van der Waals surface area contributed by atoms with Crippen molar-refractivity contribution in [1.82, 2.24) is 24.6 Å². The molecule has 1 saturated heterocycles. The van der Waals surface area contributed by atoms with E-state index in [0.717, 1.165) is 22.3 Å². The molecule has 0 unspecified atom stereocenters. The second kappa shape index (κ2) is 8.67. The highest BCUT2D eigenvalue weighted by atomic mass is 79.9. The van der Waals surface area contributed by atoms with Crippen LogP contribution in [0.4, 0.5) is 0 Å². The average Bonchev–Trinajstić information content (AvgIpc) is 3.26. The molecule has 12 nitrogen and oxygen atoms in total. The zero-order valence-corrected chi connectivity index (χ0v) is 17.0. The van der Waals surface area contributed by atoms with Crippen molar-refractivity contribution in [2.75, 3.05) is 13.2 Å². The summed E-state index contributed by atoms with van der Waals surface area (Å²) in [4.78, 5) is 61.6. The van der Waals surface area contributed by atoms with Gasteiger partial charge >= 0.3 is 5.69 Å². The van der Waals surface area contributed by atoms with Gasteiger partial charge in [-0.1, -0.05) is 0 Å². The minimum absolute atomic E-state index is 0.160. The van der Waals surface area contributed by atoms with Gasteiger partial charge in [0.15, 0.2) is 0 Å². The number of hydrogen-bond acceptors (Lipinski definition) is 8. The van der Waals surface area contributed by atoms with Crippen LogP contribution in [0.25, 0.3) is 0 Å². The third-order valence-electron chi connectivity index (χ3n) is 4.07. The van der Waals surface area contributed by atoms with E-state index < -0.39 is 47.3 Å². The number of amides is 3. The zero-order valence-electron chi connectivity index (χ0n) is 14.6. The Balaban J connectivity index is 1.66. The summed E-state index contributed by atoms with van der Waals surface area (Å²) < 4.78 is 10.7. The van der Waals surface area contributed by atoms with Gasteiger partial charge in [-0.2, -0.15) is 4.37 Å². The molecular formula is C15H15BrN6O6S. The lowest BCUT2D eigenvalue weighted by molar-refractivity contribution is -0.122. The Labute approximate surface area is 174 Å². The Hall–Kier alpha value is -2.84. The average molecular weight is 487 g/mol. The van der Waals surface area contributed by atoms with Crippen LogP contribution < -0.4 is 27.6 Å². The van der Waals surface area contributed by atoms with Gasteiger partial charge in [-0.15, -0.1) is 0 Å². The van der Waals surface area contributed by atoms with Crippen LogP contribution in [0.3, 0.4) is 0 Å². The summed E-state index contributed by atoms with van der Waals surface area (Å²) in [5, 5.41) is 5.43. The normalized spacial score (nSPS) is 18.4. The molecule has 3 amide bonds. The molecule has 5 N–H and O–H groups in total. The van der Waals surface area contributed by atoms with E-state index in [1.54, 1.807) is 0 Å². The molecule has 3 rings (SSSR count). The predicted octanol–water partition coefficient (Wildman–Crippen LogP) is -1.83. The molecule has 1 fully saturated rings. The summed E-state index contributed by atoms with van der Waals surface area (Å²) in [7, 11) is 0. The summed E-state index contributed by atoms with van der Waals surface area (Å²) in [6.07, 6.45) is 2.43. The molecule has 154 valence electrons. The third kappa shape index (κ3) is 4.78. The van der Waals surface area contributed by atoms with Crippen molar-refractivity contribution in [3.05, 3.63) is 48.1 Å². The molecule has 0 radical (unpaired) electrons. The molecule has 2 aromatic rings. The Morgan fingerprint density at radius 2 is 2.00 bits per heavy atom. The van der Waals surface area contributed by atoms with Gasteiger partial charge in [-0.3, -0.25) is 28.7 Å². The van der Waals surface area contributed by atoms with Crippen LogP contribution in [0.15, 0.2) is 26.5 Å². The maximum absolute atomic E-state index is 12.3. The number of nitrogens with zero attached hydrogens (tertiary/aromatic N) is 2. The first kappa shape index (κ1) is 20.9. The van der Waals surface area contributed by atoms with Crippen molar-refractivity contribution >= 4 is 45.2 Å². The maximum Gasteiger partial charge on any atom is 0.328 e. The van der Waals surface area contributed by atoms with Crippen LogP contribution >= 0.6 is 27.5 Å². The highest BCUT2D eigenvalue weighted by molar-refractivity contribution is 9.10. The number of nitrogens with two attached hydrogens (primary N) is 1. The summed E-state index contributed by atoms with van der Waals surface area (Å²) in [5.74, 6) is -1.97. The van der Waals surface area contributed by atoms with Gasteiger partial charge in [0.05, 0.1) is 36.0 Å². The lowest BCUT2D eigenvalue weighted by atomic mass is 10.1. The first-order valence-corrected chi connectivity index (χ1v) is 9.74. The van der Waals surface area contributed by atoms with Gasteiger partial charge in [0.1, 0.15) is 17.0 Å². The van der Waals surface area contributed by atoms with E-state index in [2.05, 4.69) is 30.9 Å². The molecular weight excluding hydrogens is 472 g/mol. The predicted molar refractivity (Wildman–Crippen MR) is 104 cm³/mol. The molecule has 2 atom stereocenters. The zero-order chi connectivity index (χ0) is 21.1. The maximum atomic E-state index is 12.3. The van der Waals surface area contributed by atoms with E-state index in [1.807, 2.05) is 4.98 Å². The van der Waals surface area contributed by atoms with Crippen LogP contribution in [0.2, 0.25) is 0 Å². The molecule has 0 aliphatic carbocycles. The Kier molecular flexibility index (Phi) is 6.24. The molecule has 0 aromatic carbocycles. The monoisotopic (exact) mass is 486 g/mol. The van der Waals surface area contributed by atoms with E-state index >= 15 is 0 Å². The Morgan fingerprint density at radius 1 is 1.31 bits per heavy atom. The van der Waals surface area contributed by atoms with Crippen molar-refractivity contribution in [2.24, 2.45) is 5.73 Å². The quantitative estimate of drug-likeness (QED) is 0.370. The van der Waals surface area contributed by atoms with E-state index in [1.165, 1.54) is 6.20 Å². The number of nitrogens with one attached hydrogen (secondary N) is 3. The van der Waals surface area contributed by atoms with Crippen molar-refractivity contribution in [3.8, 4) is 0 Å². The fraction of sp³-hybridized carbons (Fsp3) is 0.333. The number of rotatable bonds is 6. The van der Waals surface area contributed by atoms with Crippen molar-refractivity contribution in [3.63, 3.8) is 0 Å². The molecule has 2 aromatic heterocycles. The number of H-pyrrole nitrogens is 1. The van der Waals surface area contributed by atoms with Gasteiger partial charge < -0.3 is 21.1 Å². The SMILES string of the molecule is NC(=O)c1cn(CC(=O)N[C@@H]2COC[C@@H]2NC(=O)c2sncc2Br)c(=O)[nH]c1=O. The summed E-state index contributed by atoms with van der Waals surface area (Å²) in [6.45, 7) is -0.113. The fourth-order valence-corrected chi connectivity index (χ4v) is 3.84. The third-order valence-corrected chi connectivity index (χ3v) is 5.73. The molecule has 0 spiro atoms. The molecule has 0 saturated carbocycles. The smallest absolute Gasteiger partial charge is 0.328 e. The van der Waals surface area contributed by atoms with Crippen LogP contribution in [-0.4, -0.2) is 56.9 Å². The lowest BCUT2D eigenvalue weighted by Crippen LogP contribution is -2.52. The largest absolute Gasteiger partial charge is 0.377 e. The summed E-state index contributed by atoms with van der Waals surface area (Å²) in [6, 6.07) is -1.03. The van der Waals surface area contributed by atoms with Gasteiger partial charge in [-0.05, 0) is 27.5 Å². The van der Waals surface area contributed by atoms with E-state index in [4.69, 9.17) is 10.5 Å².